The van der Waals surface area contributed by atoms with E-state index in [0.717, 1.165) is 16.7 Å². The second-order valence-electron chi connectivity index (χ2n) is 4.12. The predicted molar refractivity (Wildman–Crippen MR) is 59.3 cm³/mol. The molecule has 1 rings (SSSR count). The summed E-state index contributed by atoms with van der Waals surface area (Å²) in [5.74, 6) is 0. The molecular formula is C12H19NO. The van der Waals surface area contributed by atoms with Gasteiger partial charge in [-0.3, -0.25) is 0 Å². The summed E-state index contributed by atoms with van der Waals surface area (Å²) >= 11 is 0. The number of rotatable bonds is 2. The average Bonchev–Trinajstić information content (AvgIpc) is 2.01. The maximum atomic E-state index is 9.93. The highest BCUT2D eigenvalue weighted by molar-refractivity contribution is 5.39. The summed E-state index contributed by atoms with van der Waals surface area (Å²) in [6.45, 7) is 7.91. The van der Waals surface area contributed by atoms with Crippen molar-refractivity contribution in [3.63, 3.8) is 0 Å². The molecule has 0 aliphatic carbocycles. The van der Waals surface area contributed by atoms with Gasteiger partial charge in [-0.2, -0.15) is 0 Å². The fourth-order valence-corrected chi connectivity index (χ4v) is 1.92. The first kappa shape index (κ1) is 11.2. The van der Waals surface area contributed by atoms with Gasteiger partial charge in [-0.05, 0) is 44.4 Å². The monoisotopic (exact) mass is 193 g/mol. The Kier molecular flexibility index (Phi) is 3.29. The standard InChI is InChI=1S/C12H19NO/c1-7-5-8(2)11(9(3)6-7)12(14)10(4)13/h5-6,10,12,14H,13H2,1-4H3/t10-,12-/m0/s1. The Hall–Kier alpha value is -0.860. The molecule has 0 heterocycles. The van der Waals surface area contributed by atoms with E-state index in [0.29, 0.717) is 0 Å². The van der Waals surface area contributed by atoms with E-state index in [-0.39, 0.29) is 6.04 Å². The van der Waals surface area contributed by atoms with Gasteiger partial charge < -0.3 is 10.8 Å². The van der Waals surface area contributed by atoms with Gasteiger partial charge in [0.15, 0.2) is 0 Å². The zero-order chi connectivity index (χ0) is 10.9. The van der Waals surface area contributed by atoms with Crippen molar-refractivity contribution in [1.29, 1.82) is 0 Å². The van der Waals surface area contributed by atoms with Crippen molar-refractivity contribution in [3.8, 4) is 0 Å². The summed E-state index contributed by atoms with van der Waals surface area (Å²) in [6.07, 6.45) is -0.560. The molecule has 0 saturated carbocycles. The number of nitrogens with two attached hydrogens (primary N) is 1. The Morgan fingerprint density at radius 1 is 1.14 bits per heavy atom. The maximum absolute atomic E-state index is 9.93. The Bertz CT molecular complexity index is 308. The largest absolute Gasteiger partial charge is 0.387 e. The highest BCUT2D eigenvalue weighted by atomic mass is 16.3. The van der Waals surface area contributed by atoms with Gasteiger partial charge in [0.05, 0.1) is 6.10 Å². The second kappa shape index (κ2) is 4.11. The van der Waals surface area contributed by atoms with Crippen LogP contribution >= 0.6 is 0 Å². The third-order valence-electron chi connectivity index (χ3n) is 2.53. The second-order valence-corrected chi connectivity index (χ2v) is 4.12. The quantitative estimate of drug-likeness (QED) is 0.754. The molecule has 2 atom stereocenters. The number of aryl methyl sites for hydroxylation is 3. The predicted octanol–water partition coefficient (Wildman–Crippen LogP) is 1.99. The van der Waals surface area contributed by atoms with Crippen LogP contribution in [0.1, 0.15) is 35.3 Å². The molecule has 0 radical (unpaired) electrons. The van der Waals surface area contributed by atoms with Gasteiger partial charge in [-0.1, -0.05) is 17.7 Å². The van der Waals surface area contributed by atoms with Gasteiger partial charge >= 0.3 is 0 Å². The lowest BCUT2D eigenvalue weighted by molar-refractivity contribution is 0.152. The van der Waals surface area contributed by atoms with Gasteiger partial charge in [0.2, 0.25) is 0 Å². The molecule has 0 unspecified atom stereocenters. The number of hydrogen-bond acceptors (Lipinski definition) is 2. The number of aliphatic hydroxyl groups is 1. The minimum Gasteiger partial charge on any atom is -0.387 e. The van der Waals surface area contributed by atoms with Crippen LogP contribution in [0.15, 0.2) is 12.1 Å². The number of aliphatic hydroxyl groups excluding tert-OH is 1. The third-order valence-corrected chi connectivity index (χ3v) is 2.53. The van der Waals surface area contributed by atoms with Crippen molar-refractivity contribution in [2.45, 2.75) is 39.8 Å². The Labute approximate surface area is 85.8 Å². The smallest absolute Gasteiger partial charge is 0.0943 e. The molecule has 0 aliphatic rings. The average molecular weight is 193 g/mol. The first-order valence-electron chi connectivity index (χ1n) is 4.95. The molecule has 0 bridgehead atoms. The number of benzene rings is 1. The van der Waals surface area contributed by atoms with Gasteiger partial charge in [0.25, 0.3) is 0 Å². The molecule has 1 aromatic carbocycles. The van der Waals surface area contributed by atoms with Crippen LogP contribution < -0.4 is 5.73 Å². The van der Waals surface area contributed by atoms with Crippen LogP contribution in [0.3, 0.4) is 0 Å². The summed E-state index contributed by atoms with van der Waals surface area (Å²) in [4.78, 5) is 0. The van der Waals surface area contributed by atoms with Crippen LogP contribution in [0.2, 0.25) is 0 Å². The highest BCUT2D eigenvalue weighted by Gasteiger charge is 2.16. The Morgan fingerprint density at radius 2 is 1.57 bits per heavy atom. The zero-order valence-corrected chi connectivity index (χ0v) is 9.33. The zero-order valence-electron chi connectivity index (χ0n) is 9.33. The van der Waals surface area contributed by atoms with Crippen LogP contribution in [0.4, 0.5) is 0 Å². The summed E-state index contributed by atoms with van der Waals surface area (Å²) < 4.78 is 0. The Morgan fingerprint density at radius 3 is 1.93 bits per heavy atom. The fraction of sp³-hybridized carbons (Fsp3) is 0.500. The summed E-state index contributed by atoms with van der Waals surface area (Å²) in [5, 5.41) is 9.93. The topological polar surface area (TPSA) is 46.2 Å². The normalized spacial score (nSPS) is 15.3. The van der Waals surface area contributed by atoms with E-state index in [9.17, 15) is 5.11 Å². The Balaban J connectivity index is 3.20. The fourth-order valence-electron chi connectivity index (χ4n) is 1.92. The maximum Gasteiger partial charge on any atom is 0.0943 e. The molecule has 3 N–H and O–H groups in total. The molecule has 1 aromatic rings. The third kappa shape index (κ3) is 2.14. The molecule has 78 valence electrons. The number of hydrogen-bond donors (Lipinski definition) is 2. The van der Waals surface area contributed by atoms with Crippen LogP contribution in [-0.4, -0.2) is 11.1 Å². The van der Waals surface area contributed by atoms with E-state index in [2.05, 4.69) is 19.1 Å². The molecule has 0 aliphatic heterocycles. The summed E-state index contributed by atoms with van der Waals surface area (Å²) in [5.41, 5.74) is 10.1. The molecular weight excluding hydrogens is 174 g/mol. The van der Waals surface area contributed by atoms with Crippen molar-refractivity contribution in [2.75, 3.05) is 0 Å². The van der Waals surface area contributed by atoms with Gasteiger partial charge in [-0.15, -0.1) is 0 Å². The lowest BCUT2D eigenvalue weighted by Gasteiger charge is -2.20. The minimum atomic E-state index is -0.560. The van der Waals surface area contributed by atoms with Gasteiger partial charge in [0, 0.05) is 6.04 Å². The van der Waals surface area contributed by atoms with E-state index >= 15 is 0 Å². The molecule has 0 saturated heterocycles. The SMILES string of the molecule is Cc1cc(C)c([C@@H](O)[C@H](C)N)c(C)c1. The van der Waals surface area contributed by atoms with E-state index in [1.54, 1.807) is 0 Å². The van der Waals surface area contributed by atoms with Crippen LogP contribution in [0, 0.1) is 20.8 Å². The minimum absolute atomic E-state index is 0.227. The van der Waals surface area contributed by atoms with Crippen molar-refractivity contribution in [1.82, 2.24) is 0 Å². The van der Waals surface area contributed by atoms with Crippen LogP contribution in [-0.2, 0) is 0 Å². The van der Waals surface area contributed by atoms with E-state index in [1.807, 2.05) is 20.8 Å². The summed E-state index contributed by atoms with van der Waals surface area (Å²) in [7, 11) is 0. The first-order valence-corrected chi connectivity index (χ1v) is 4.95. The lowest BCUT2D eigenvalue weighted by atomic mass is 9.93. The van der Waals surface area contributed by atoms with Crippen LogP contribution in [0.25, 0.3) is 0 Å². The summed E-state index contributed by atoms with van der Waals surface area (Å²) in [6, 6.07) is 3.93. The van der Waals surface area contributed by atoms with Crippen molar-refractivity contribution >= 4 is 0 Å². The molecule has 0 aromatic heterocycles. The first-order chi connectivity index (χ1) is 6.43. The molecule has 2 heteroatoms. The van der Waals surface area contributed by atoms with Crippen molar-refractivity contribution in [3.05, 3.63) is 34.4 Å². The molecule has 2 nitrogen and oxygen atoms in total. The van der Waals surface area contributed by atoms with E-state index in [4.69, 9.17) is 5.73 Å². The molecule has 0 spiro atoms. The van der Waals surface area contributed by atoms with Gasteiger partial charge in [-0.25, -0.2) is 0 Å². The molecule has 0 fully saturated rings. The van der Waals surface area contributed by atoms with Crippen LogP contribution in [0.5, 0.6) is 0 Å². The highest BCUT2D eigenvalue weighted by Crippen LogP contribution is 2.24. The lowest BCUT2D eigenvalue weighted by Crippen LogP contribution is -2.25. The molecule has 14 heavy (non-hydrogen) atoms. The van der Waals surface area contributed by atoms with E-state index < -0.39 is 6.10 Å². The van der Waals surface area contributed by atoms with Crippen molar-refractivity contribution in [2.24, 2.45) is 5.73 Å². The molecule has 0 amide bonds. The van der Waals surface area contributed by atoms with Crippen molar-refractivity contribution < 1.29 is 5.11 Å². The van der Waals surface area contributed by atoms with Gasteiger partial charge in [0.1, 0.15) is 0 Å². The van der Waals surface area contributed by atoms with E-state index in [1.165, 1.54) is 5.56 Å².